The maximum atomic E-state index is 11.5. The highest BCUT2D eigenvalue weighted by Crippen LogP contribution is 2.27. The van der Waals surface area contributed by atoms with Crippen molar-refractivity contribution in [2.24, 2.45) is 0 Å². The molecular formula is C15H14ClN3O4. The molecule has 1 aromatic heterocycles. The monoisotopic (exact) mass is 335 g/mol. The molecule has 8 heteroatoms. The zero-order valence-corrected chi connectivity index (χ0v) is 13.3. The largest absolute Gasteiger partial charge is 0.465 e. The first-order valence-electron chi connectivity index (χ1n) is 6.60. The van der Waals surface area contributed by atoms with Gasteiger partial charge in [-0.1, -0.05) is 23.7 Å². The summed E-state index contributed by atoms with van der Waals surface area (Å²) in [6.45, 7) is 0.381. The van der Waals surface area contributed by atoms with Crippen LogP contribution < -0.4 is 4.90 Å². The summed E-state index contributed by atoms with van der Waals surface area (Å²) in [5, 5.41) is 11.8. The van der Waals surface area contributed by atoms with Crippen LogP contribution in [0.25, 0.3) is 0 Å². The van der Waals surface area contributed by atoms with Crippen LogP contribution in [0.15, 0.2) is 36.5 Å². The van der Waals surface area contributed by atoms with Gasteiger partial charge in [-0.15, -0.1) is 0 Å². The van der Waals surface area contributed by atoms with E-state index < -0.39 is 10.9 Å². The van der Waals surface area contributed by atoms with Gasteiger partial charge in [0.05, 0.1) is 17.6 Å². The highest BCUT2D eigenvalue weighted by Gasteiger charge is 2.22. The predicted octanol–water partition coefficient (Wildman–Crippen LogP) is 3.07. The number of methoxy groups -OCH3 is 1. The second kappa shape index (κ2) is 7.06. The van der Waals surface area contributed by atoms with E-state index in [1.54, 1.807) is 30.1 Å². The summed E-state index contributed by atoms with van der Waals surface area (Å²) in [7, 11) is 2.88. The van der Waals surface area contributed by atoms with Crippen LogP contribution in [0, 0.1) is 10.1 Å². The topological polar surface area (TPSA) is 85.6 Å². The van der Waals surface area contributed by atoms with Crippen LogP contribution in [-0.4, -0.2) is 30.0 Å². The number of benzene rings is 1. The Morgan fingerprint density at radius 1 is 1.43 bits per heavy atom. The van der Waals surface area contributed by atoms with Crippen LogP contribution in [0.5, 0.6) is 0 Å². The number of nitrogens with zero attached hydrogens (tertiary/aromatic N) is 3. The summed E-state index contributed by atoms with van der Waals surface area (Å²) in [6, 6.07) is 8.33. The molecule has 1 aromatic carbocycles. The molecular weight excluding hydrogens is 322 g/mol. The number of anilines is 1. The fourth-order valence-electron chi connectivity index (χ4n) is 2.09. The van der Waals surface area contributed by atoms with E-state index in [1.165, 1.54) is 13.3 Å². The fraction of sp³-hybridized carbons (Fsp3) is 0.200. The summed E-state index contributed by atoms with van der Waals surface area (Å²) in [6.07, 6.45) is 1.25. The molecule has 0 bridgehead atoms. The molecule has 0 radical (unpaired) electrons. The second-order valence-electron chi connectivity index (χ2n) is 4.80. The van der Waals surface area contributed by atoms with Crippen LogP contribution in [-0.2, 0) is 11.3 Å². The molecule has 7 nitrogen and oxygen atoms in total. The van der Waals surface area contributed by atoms with Gasteiger partial charge in [-0.25, -0.2) is 9.78 Å². The maximum absolute atomic E-state index is 11.5. The molecule has 120 valence electrons. The first-order valence-corrected chi connectivity index (χ1v) is 6.98. The molecule has 0 aliphatic rings. The van der Waals surface area contributed by atoms with Gasteiger partial charge in [0, 0.05) is 30.9 Å². The average molecular weight is 336 g/mol. The molecule has 1 heterocycles. The molecule has 0 aliphatic heterocycles. The van der Waals surface area contributed by atoms with Gasteiger partial charge in [-0.3, -0.25) is 10.1 Å². The Bertz CT molecular complexity index is 751. The molecule has 0 aliphatic carbocycles. The van der Waals surface area contributed by atoms with Crippen molar-refractivity contribution < 1.29 is 14.5 Å². The van der Waals surface area contributed by atoms with Gasteiger partial charge < -0.3 is 9.64 Å². The van der Waals surface area contributed by atoms with Crippen molar-refractivity contribution in [1.29, 1.82) is 0 Å². The molecule has 23 heavy (non-hydrogen) atoms. The first-order chi connectivity index (χ1) is 10.9. The maximum Gasteiger partial charge on any atom is 0.339 e. The number of aromatic nitrogens is 1. The van der Waals surface area contributed by atoms with E-state index in [0.717, 1.165) is 11.6 Å². The number of hydrogen-bond acceptors (Lipinski definition) is 6. The number of pyridine rings is 1. The van der Waals surface area contributed by atoms with Gasteiger partial charge in [0.1, 0.15) is 0 Å². The SMILES string of the molecule is COC(=O)c1cnc(N(C)Cc2cccc(Cl)c2)c([N+](=O)[O-])c1. The molecule has 0 fully saturated rings. The van der Waals surface area contributed by atoms with Crippen molar-refractivity contribution in [3.05, 3.63) is 62.8 Å². The van der Waals surface area contributed by atoms with E-state index >= 15 is 0 Å². The van der Waals surface area contributed by atoms with E-state index in [4.69, 9.17) is 11.6 Å². The zero-order valence-electron chi connectivity index (χ0n) is 12.5. The van der Waals surface area contributed by atoms with E-state index in [0.29, 0.717) is 11.6 Å². The van der Waals surface area contributed by atoms with Crippen LogP contribution in [0.4, 0.5) is 11.5 Å². The summed E-state index contributed by atoms with van der Waals surface area (Å²) in [5.41, 5.74) is 0.643. The van der Waals surface area contributed by atoms with Gasteiger partial charge in [-0.2, -0.15) is 0 Å². The normalized spacial score (nSPS) is 10.2. The molecule has 0 amide bonds. The zero-order chi connectivity index (χ0) is 17.0. The third kappa shape index (κ3) is 3.95. The summed E-state index contributed by atoms with van der Waals surface area (Å²) in [4.78, 5) is 27.8. The smallest absolute Gasteiger partial charge is 0.339 e. The Kier molecular flexibility index (Phi) is 5.13. The minimum Gasteiger partial charge on any atom is -0.465 e. The van der Waals surface area contributed by atoms with Crippen molar-refractivity contribution in [2.75, 3.05) is 19.1 Å². The van der Waals surface area contributed by atoms with Crippen molar-refractivity contribution in [1.82, 2.24) is 4.98 Å². The number of rotatable bonds is 5. The van der Waals surface area contributed by atoms with E-state index in [-0.39, 0.29) is 17.1 Å². The lowest BCUT2D eigenvalue weighted by atomic mass is 10.2. The fourth-order valence-corrected chi connectivity index (χ4v) is 2.30. The van der Waals surface area contributed by atoms with Crippen molar-refractivity contribution >= 4 is 29.1 Å². The van der Waals surface area contributed by atoms with Crippen LogP contribution >= 0.6 is 11.6 Å². The molecule has 2 rings (SSSR count). The van der Waals surface area contributed by atoms with Crippen LogP contribution in [0.1, 0.15) is 15.9 Å². The Balaban J connectivity index is 2.34. The van der Waals surface area contributed by atoms with Crippen LogP contribution in [0.3, 0.4) is 0 Å². The standard InChI is InChI=1S/C15H14ClN3O4/c1-18(9-10-4-3-5-12(16)6-10)14-13(19(21)22)7-11(8-17-14)15(20)23-2/h3-8H,9H2,1-2H3. The first kappa shape index (κ1) is 16.7. The molecule has 0 saturated heterocycles. The van der Waals surface area contributed by atoms with Crippen molar-refractivity contribution in [2.45, 2.75) is 6.54 Å². The Morgan fingerprint density at radius 3 is 2.78 bits per heavy atom. The highest BCUT2D eigenvalue weighted by atomic mass is 35.5. The molecule has 0 saturated carbocycles. The third-order valence-corrected chi connectivity index (χ3v) is 3.37. The molecule has 2 aromatic rings. The molecule has 0 atom stereocenters. The highest BCUT2D eigenvalue weighted by molar-refractivity contribution is 6.30. The molecule has 0 N–H and O–H groups in total. The third-order valence-electron chi connectivity index (χ3n) is 3.14. The quantitative estimate of drug-likeness (QED) is 0.474. The number of ether oxygens (including phenoxy) is 1. The average Bonchev–Trinajstić information content (AvgIpc) is 2.53. The number of nitro groups is 1. The van der Waals surface area contributed by atoms with E-state index in [2.05, 4.69) is 9.72 Å². The Morgan fingerprint density at radius 2 is 2.17 bits per heavy atom. The number of halogens is 1. The number of esters is 1. The van der Waals surface area contributed by atoms with Crippen LogP contribution in [0.2, 0.25) is 5.02 Å². The van der Waals surface area contributed by atoms with Gasteiger partial charge >= 0.3 is 11.7 Å². The number of carbonyl (C=O) groups excluding carboxylic acids is 1. The van der Waals surface area contributed by atoms with Gasteiger partial charge in [0.2, 0.25) is 5.82 Å². The van der Waals surface area contributed by atoms with E-state index in [1.807, 2.05) is 6.07 Å². The molecule has 0 spiro atoms. The lowest BCUT2D eigenvalue weighted by molar-refractivity contribution is -0.384. The minimum absolute atomic E-state index is 0.0269. The summed E-state index contributed by atoms with van der Waals surface area (Å²) in [5.74, 6) is -0.521. The Hall–Kier alpha value is -2.67. The summed E-state index contributed by atoms with van der Waals surface area (Å²) < 4.78 is 4.55. The van der Waals surface area contributed by atoms with Crippen molar-refractivity contribution in [3.8, 4) is 0 Å². The molecule has 0 unspecified atom stereocenters. The van der Waals surface area contributed by atoms with E-state index in [9.17, 15) is 14.9 Å². The minimum atomic E-state index is -0.676. The number of hydrogen-bond donors (Lipinski definition) is 0. The summed E-state index contributed by atoms with van der Waals surface area (Å²) >= 11 is 5.93. The van der Waals surface area contributed by atoms with Gasteiger partial charge in [0.15, 0.2) is 0 Å². The lowest BCUT2D eigenvalue weighted by Gasteiger charge is -2.18. The van der Waals surface area contributed by atoms with Crippen molar-refractivity contribution in [3.63, 3.8) is 0 Å². The number of carbonyl (C=O) groups is 1. The lowest BCUT2D eigenvalue weighted by Crippen LogP contribution is -2.19. The van der Waals surface area contributed by atoms with Gasteiger partial charge in [-0.05, 0) is 17.7 Å². The predicted molar refractivity (Wildman–Crippen MR) is 85.8 cm³/mol. The van der Waals surface area contributed by atoms with Gasteiger partial charge in [0.25, 0.3) is 0 Å². The Labute approximate surface area is 137 Å². The second-order valence-corrected chi connectivity index (χ2v) is 5.24.